The highest BCUT2D eigenvalue weighted by molar-refractivity contribution is 7.47. The Morgan fingerprint density at radius 1 is 0.266 bits per heavy atom. The molecule has 0 aliphatic heterocycles. The fourth-order valence-corrected chi connectivity index (χ4v) is 12.1. The molecule has 0 aromatic heterocycles. The van der Waals surface area contributed by atoms with Gasteiger partial charge in [0.25, 0.3) is 0 Å². The van der Waals surface area contributed by atoms with Crippen molar-refractivity contribution >= 4 is 33.6 Å². The van der Waals surface area contributed by atoms with Crippen LogP contribution >= 0.6 is 15.6 Å². The lowest BCUT2D eigenvalue weighted by Gasteiger charge is -2.21. The van der Waals surface area contributed by atoms with Crippen LogP contribution in [0.1, 0.15) is 303 Å². The average Bonchev–Trinajstić information content (AvgIpc) is 0.902. The molecule has 0 saturated carbocycles. The summed E-state index contributed by atoms with van der Waals surface area (Å²) in [6, 6.07) is 0. The van der Waals surface area contributed by atoms with Crippen LogP contribution in [0.4, 0.5) is 0 Å². The average molecular weight is 1560 g/mol. The molecule has 0 heterocycles. The van der Waals surface area contributed by atoms with E-state index in [1.807, 2.05) is 18.2 Å². The number of carbonyl (C=O) groups is 3. The number of aliphatic hydroxyl groups is 2. The van der Waals surface area contributed by atoms with Crippen LogP contribution in [0.5, 0.6) is 0 Å². The topological polar surface area (TPSA) is 231 Å². The number of unbranched alkanes of at least 4 members (excludes halogenated alkanes) is 22. The zero-order valence-electron chi connectivity index (χ0n) is 67.6. The number of allylic oxidation sites excluding steroid dienone is 32. The summed E-state index contributed by atoms with van der Waals surface area (Å²) in [5.74, 6) is -1.70. The molecule has 0 fully saturated rings. The van der Waals surface area contributed by atoms with Crippen molar-refractivity contribution in [2.45, 2.75) is 322 Å². The molecular formula is C91H148O16P2. The Bertz CT molecular complexity index is 2760. The number of hydrogen-bond acceptors (Lipinski definition) is 14. The van der Waals surface area contributed by atoms with Gasteiger partial charge in [0.05, 0.1) is 26.4 Å². The van der Waals surface area contributed by atoms with E-state index in [0.717, 1.165) is 161 Å². The zero-order valence-corrected chi connectivity index (χ0v) is 69.4. The summed E-state index contributed by atoms with van der Waals surface area (Å²) in [6.45, 7) is 2.31. The Labute approximate surface area is 661 Å². The largest absolute Gasteiger partial charge is 0.472 e. The van der Waals surface area contributed by atoms with E-state index in [1.165, 1.54) is 77.0 Å². The van der Waals surface area contributed by atoms with Crippen molar-refractivity contribution in [3.05, 3.63) is 194 Å². The van der Waals surface area contributed by atoms with Crippen LogP contribution in [0.15, 0.2) is 194 Å². The number of carbonyl (C=O) groups excluding carboxylic acids is 3. The van der Waals surface area contributed by atoms with E-state index in [4.69, 9.17) is 32.3 Å². The molecule has 5 unspecified atom stereocenters. The van der Waals surface area contributed by atoms with Crippen LogP contribution in [-0.4, -0.2) is 95.9 Å². The second kappa shape index (κ2) is 81.9. The molecule has 16 nitrogen and oxygen atoms in total. The van der Waals surface area contributed by atoms with Crippen molar-refractivity contribution in [3.63, 3.8) is 0 Å². The predicted octanol–water partition coefficient (Wildman–Crippen LogP) is 25.1. The number of phosphoric acid groups is 2. The highest BCUT2D eigenvalue weighted by atomic mass is 31.2. The van der Waals surface area contributed by atoms with Gasteiger partial charge >= 0.3 is 33.6 Å². The van der Waals surface area contributed by atoms with Crippen molar-refractivity contribution in [2.75, 3.05) is 39.6 Å². The quantitative estimate of drug-likeness (QED) is 0.0146. The molecule has 0 spiro atoms. The Balaban J connectivity index is 4.65. The molecule has 0 aromatic rings. The summed E-state index contributed by atoms with van der Waals surface area (Å²) in [5, 5.41) is 20.7. The lowest BCUT2D eigenvalue weighted by atomic mass is 10.0. The molecule has 18 heteroatoms. The summed E-state index contributed by atoms with van der Waals surface area (Å²) in [5.41, 5.74) is 0. The fraction of sp³-hybridized carbons (Fsp3) is 0.615. The Hall–Kier alpha value is -5.61. The van der Waals surface area contributed by atoms with Crippen LogP contribution in [0.25, 0.3) is 0 Å². The van der Waals surface area contributed by atoms with Gasteiger partial charge in [-0.05, 0) is 154 Å². The van der Waals surface area contributed by atoms with Crippen LogP contribution < -0.4 is 0 Å². The predicted molar refractivity (Wildman–Crippen MR) is 454 cm³/mol. The number of hydrogen-bond donors (Lipinski definition) is 4. The first-order valence-electron chi connectivity index (χ1n) is 41.7. The Morgan fingerprint density at radius 3 is 0.807 bits per heavy atom. The number of ether oxygens (including phenoxy) is 3. The molecule has 0 aliphatic carbocycles. The van der Waals surface area contributed by atoms with Gasteiger partial charge in [-0.2, -0.15) is 0 Å². The molecule has 0 amide bonds. The molecule has 0 radical (unpaired) electrons. The van der Waals surface area contributed by atoms with Crippen LogP contribution in [-0.2, 0) is 55.8 Å². The second-order valence-electron chi connectivity index (χ2n) is 27.2. The van der Waals surface area contributed by atoms with E-state index in [0.29, 0.717) is 25.7 Å². The molecule has 0 saturated heterocycles. The number of rotatable bonds is 77. The van der Waals surface area contributed by atoms with Crippen LogP contribution in [0, 0.1) is 0 Å². The summed E-state index contributed by atoms with van der Waals surface area (Å²) in [7, 11) is -9.84. The molecule has 0 aromatic carbocycles. The molecular weight excluding hydrogens is 1410 g/mol. The third-order valence-corrected chi connectivity index (χ3v) is 18.7. The van der Waals surface area contributed by atoms with Gasteiger partial charge in [-0.1, -0.05) is 324 Å². The SMILES string of the molecule is CC/C=C\C/C=C\C/C=C\C/C=C\C/C=C\C/C=C\CCCCCCCCCCCCCCC(=O)OCC(O)COP(=O)(O)OCC(O)COP(=O)(O)OCC(COC(=O)CCCCCCCCC/C=C\C/C=C\C/C=C\C/C=C\CCCCC)OC(=O)CC/C=C\C/C=C\C/C=C\C/C=C\C/C=C\C/C=C\CC. The highest BCUT2D eigenvalue weighted by Crippen LogP contribution is 2.45. The first-order chi connectivity index (χ1) is 53.2. The third-order valence-electron chi connectivity index (χ3n) is 16.8. The van der Waals surface area contributed by atoms with Gasteiger partial charge < -0.3 is 34.2 Å². The van der Waals surface area contributed by atoms with Crippen molar-refractivity contribution in [1.82, 2.24) is 0 Å². The van der Waals surface area contributed by atoms with Gasteiger partial charge in [-0.3, -0.25) is 32.5 Å². The van der Waals surface area contributed by atoms with Gasteiger partial charge in [0.1, 0.15) is 25.4 Å². The number of aliphatic hydroxyl groups excluding tert-OH is 2. The molecule has 5 atom stereocenters. The molecule has 0 rings (SSSR count). The smallest absolute Gasteiger partial charge is 0.463 e. The van der Waals surface area contributed by atoms with E-state index in [9.17, 15) is 43.5 Å². The minimum absolute atomic E-state index is 0.0301. The summed E-state index contributed by atoms with van der Waals surface area (Å²) >= 11 is 0. The Morgan fingerprint density at radius 2 is 0.505 bits per heavy atom. The first kappa shape index (κ1) is 103. The minimum atomic E-state index is -4.97. The van der Waals surface area contributed by atoms with Gasteiger partial charge in [-0.15, -0.1) is 0 Å². The maximum atomic E-state index is 13.0. The molecule has 0 aliphatic rings. The lowest BCUT2D eigenvalue weighted by molar-refractivity contribution is -0.161. The van der Waals surface area contributed by atoms with E-state index >= 15 is 0 Å². The van der Waals surface area contributed by atoms with E-state index in [-0.39, 0.29) is 19.3 Å². The monoisotopic (exact) mass is 1560 g/mol. The van der Waals surface area contributed by atoms with Gasteiger partial charge in [0, 0.05) is 19.3 Å². The lowest BCUT2D eigenvalue weighted by Crippen LogP contribution is -2.29. The molecule has 109 heavy (non-hydrogen) atoms. The highest BCUT2D eigenvalue weighted by Gasteiger charge is 2.29. The van der Waals surface area contributed by atoms with Gasteiger partial charge in [0.15, 0.2) is 6.10 Å². The second-order valence-corrected chi connectivity index (χ2v) is 30.1. The summed E-state index contributed by atoms with van der Waals surface area (Å²) in [6.07, 6.45) is 108. The normalized spacial score (nSPS) is 14.9. The third kappa shape index (κ3) is 83.2. The van der Waals surface area contributed by atoms with Crippen LogP contribution in [0.2, 0.25) is 0 Å². The van der Waals surface area contributed by atoms with E-state index in [2.05, 4.69) is 197 Å². The van der Waals surface area contributed by atoms with E-state index < -0.39 is 91.5 Å². The fourth-order valence-electron chi connectivity index (χ4n) is 10.5. The maximum absolute atomic E-state index is 13.0. The van der Waals surface area contributed by atoms with Gasteiger partial charge in [0.2, 0.25) is 0 Å². The van der Waals surface area contributed by atoms with Crippen molar-refractivity contribution < 1.29 is 75.8 Å². The molecule has 0 bridgehead atoms. The summed E-state index contributed by atoms with van der Waals surface area (Å²) in [4.78, 5) is 58.7. The summed E-state index contributed by atoms with van der Waals surface area (Å²) < 4.78 is 61.2. The Kier molecular flexibility index (Phi) is 77.7. The molecule has 618 valence electrons. The van der Waals surface area contributed by atoms with Crippen molar-refractivity contribution in [1.29, 1.82) is 0 Å². The number of esters is 3. The van der Waals surface area contributed by atoms with Crippen molar-refractivity contribution in [2.24, 2.45) is 0 Å². The maximum Gasteiger partial charge on any atom is 0.472 e. The molecule has 4 N–H and O–H groups in total. The standard InChI is InChI=1S/C91H148O16P2/c1-4-7-10-13-16-19-22-25-28-31-34-36-38-39-40-41-42-43-44-45-47-49-51-53-56-59-62-65-68-71-74-77-89(94)101-80-86(92)81-103-108(97,98)104-82-87(93)83-105-109(99,100)106-85-88(107-91(96)79-76-73-70-67-64-61-58-55-50-33-30-27-24-21-18-15-12-9-6-3)84-102-90(95)78-75-72-69-66-63-60-57-54-52-48-46-37-35-32-29-26-23-20-17-14-11-8-5-2/h7,9-10,12,16-21,25-30,34-37,39-40,42-43,48,50,52,55,61,64,70,73,86-88,92-93H,4-6,8,11,13-15,22-24,31-33,38,41,44-47,49,51,53-54,56-60,62-63,65-69,71-72,74-85H2,1-3H3,(H,97,98)(H,99,100)/b10-7-,12-9-,19-16-,20-17-,21-18-,28-25-,29-26-,30-27-,36-34-,37-35-,40-39-,43-42-,52-48-,55-50-,64-61-,73-70-. The van der Waals surface area contributed by atoms with Crippen molar-refractivity contribution in [3.8, 4) is 0 Å². The zero-order chi connectivity index (χ0) is 79.4. The first-order valence-corrected chi connectivity index (χ1v) is 44.7. The number of phosphoric ester groups is 2. The van der Waals surface area contributed by atoms with Gasteiger partial charge in [-0.25, -0.2) is 9.13 Å². The minimum Gasteiger partial charge on any atom is -0.463 e. The van der Waals surface area contributed by atoms with E-state index in [1.54, 1.807) is 0 Å². The van der Waals surface area contributed by atoms with Crippen LogP contribution in [0.3, 0.4) is 0 Å².